The second-order valence-electron chi connectivity index (χ2n) is 5.52. The second kappa shape index (κ2) is 7.11. The molecule has 22 heavy (non-hydrogen) atoms. The minimum Gasteiger partial charge on any atom is -0.479 e. The van der Waals surface area contributed by atoms with Gasteiger partial charge in [-0.15, -0.1) is 0 Å². The largest absolute Gasteiger partial charge is 0.479 e. The van der Waals surface area contributed by atoms with Crippen molar-refractivity contribution in [2.45, 2.75) is 26.4 Å². The summed E-state index contributed by atoms with van der Waals surface area (Å²) in [4.78, 5) is 24.0. The van der Waals surface area contributed by atoms with E-state index in [1.54, 1.807) is 20.8 Å². The number of hydrogen-bond donors (Lipinski definition) is 0. The summed E-state index contributed by atoms with van der Waals surface area (Å²) < 4.78 is 28.5. The zero-order valence-corrected chi connectivity index (χ0v) is 13.3. The first-order valence-electron chi connectivity index (χ1n) is 6.60. The molecule has 0 fully saturated rings. The average Bonchev–Trinajstić information content (AvgIpc) is 2.42. The number of esters is 1. The molecule has 0 unspecified atom stereocenters. The number of carbonyl (C=O) groups excluding carboxylic acids is 2. The lowest BCUT2D eigenvalue weighted by molar-refractivity contribution is -0.142. The quantitative estimate of drug-likeness (QED) is 0.800. The fraction of sp³-hybridized carbons (Fsp3) is 0.467. The number of carbonyl (C=O) groups is 2. The maximum Gasteiger partial charge on any atom is 0.414 e. The minimum atomic E-state index is -0.697. The van der Waals surface area contributed by atoms with Gasteiger partial charge in [0.25, 0.3) is 0 Å². The molecule has 0 bridgehead atoms. The number of hydrogen-bond acceptors (Lipinski definition) is 5. The Hall–Kier alpha value is -2.31. The number of halogens is 1. The highest BCUT2D eigenvalue weighted by Crippen LogP contribution is 2.24. The molecule has 0 radical (unpaired) electrons. The molecule has 1 aromatic rings. The van der Waals surface area contributed by atoms with E-state index in [9.17, 15) is 14.0 Å². The molecule has 0 spiro atoms. The summed E-state index contributed by atoms with van der Waals surface area (Å²) in [5.41, 5.74) is -0.342. The number of benzene rings is 1. The lowest BCUT2D eigenvalue weighted by Crippen LogP contribution is -2.34. The summed E-state index contributed by atoms with van der Waals surface area (Å²) in [7, 11) is 2.68. The van der Waals surface area contributed by atoms with Crippen molar-refractivity contribution in [3.8, 4) is 5.75 Å². The Morgan fingerprint density at radius 2 is 1.91 bits per heavy atom. The van der Waals surface area contributed by atoms with Gasteiger partial charge in [0.2, 0.25) is 0 Å². The smallest absolute Gasteiger partial charge is 0.414 e. The van der Waals surface area contributed by atoms with Crippen LogP contribution in [0.15, 0.2) is 18.2 Å². The van der Waals surface area contributed by atoms with Gasteiger partial charge in [-0.2, -0.15) is 0 Å². The molecule has 0 aliphatic heterocycles. The van der Waals surface area contributed by atoms with E-state index in [1.165, 1.54) is 31.2 Å². The van der Waals surface area contributed by atoms with Gasteiger partial charge in [-0.1, -0.05) is 0 Å². The highest BCUT2D eigenvalue weighted by molar-refractivity contribution is 5.87. The minimum absolute atomic E-state index is 0.105. The Balaban J connectivity index is 2.79. The first-order valence-corrected chi connectivity index (χ1v) is 6.60. The molecule has 0 saturated carbocycles. The zero-order chi connectivity index (χ0) is 16.9. The molecular formula is C15H20FNO5. The van der Waals surface area contributed by atoms with Crippen molar-refractivity contribution in [2.75, 3.05) is 25.7 Å². The van der Waals surface area contributed by atoms with Gasteiger partial charge in [-0.25, -0.2) is 14.0 Å². The molecule has 0 aromatic heterocycles. The Morgan fingerprint density at radius 1 is 1.27 bits per heavy atom. The second-order valence-corrected chi connectivity index (χ2v) is 5.52. The monoisotopic (exact) mass is 313 g/mol. The van der Waals surface area contributed by atoms with Gasteiger partial charge in [-0.3, -0.25) is 4.90 Å². The van der Waals surface area contributed by atoms with Gasteiger partial charge in [0, 0.05) is 18.8 Å². The van der Waals surface area contributed by atoms with Gasteiger partial charge in [0.15, 0.2) is 18.2 Å². The van der Waals surface area contributed by atoms with E-state index in [0.717, 1.165) is 6.07 Å². The van der Waals surface area contributed by atoms with Crippen LogP contribution in [0.2, 0.25) is 0 Å². The van der Waals surface area contributed by atoms with E-state index < -0.39 is 30.1 Å². The summed E-state index contributed by atoms with van der Waals surface area (Å²) >= 11 is 0. The van der Waals surface area contributed by atoms with Crippen LogP contribution in [0.3, 0.4) is 0 Å². The number of anilines is 1. The molecular weight excluding hydrogens is 293 g/mol. The van der Waals surface area contributed by atoms with Crippen molar-refractivity contribution in [1.82, 2.24) is 0 Å². The van der Waals surface area contributed by atoms with Gasteiger partial charge in [0.1, 0.15) is 5.60 Å². The lowest BCUT2D eigenvalue weighted by atomic mass is 10.2. The van der Waals surface area contributed by atoms with Crippen molar-refractivity contribution >= 4 is 17.7 Å². The Morgan fingerprint density at radius 3 is 2.41 bits per heavy atom. The Labute approximate surface area is 128 Å². The molecule has 0 aliphatic carbocycles. The maximum absolute atomic E-state index is 13.9. The van der Waals surface area contributed by atoms with Crippen LogP contribution in [0, 0.1) is 5.82 Å². The van der Waals surface area contributed by atoms with Crippen LogP contribution in [-0.2, 0) is 14.3 Å². The van der Waals surface area contributed by atoms with Crippen LogP contribution in [0.1, 0.15) is 20.8 Å². The summed E-state index contributed by atoms with van der Waals surface area (Å²) in [5, 5.41) is 0. The molecule has 1 aromatic carbocycles. The van der Waals surface area contributed by atoms with Crippen molar-refractivity contribution in [1.29, 1.82) is 0 Å². The van der Waals surface area contributed by atoms with Crippen LogP contribution in [0.4, 0.5) is 14.9 Å². The van der Waals surface area contributed by atoms with Crippen molar-refractivity contribution < 1.29 is 28.2 Å². The molecule has 0 heterocycles. The highest BCUT2D eigenvalue weighted by Gasteiger charge is 2.21. The standard InChI is InChI=1S/C15H20FNO5/c1-15(2,3)22-14(19)17(4)10-6-7-12(11(16)8-10)21-9-13(18)20-5/h6-8H,9H2,1-5H3. The number of methoxy groups -OCH3 is 1. The van der Waals surface area contributed by atoms with Crippen LogP contribution in [0.5, 0.6) is 5.75 Å². The Bertz CT molecular complexity index is 553. The molecule has 0 aliphatic rings. The number of ether oxygens (including phenoxy) is 3. The van der Waals surface area contributed by atoms with Gasteiger partial charge in [-0.05, 0) is 32.9 Å². The van der Waals surface area contributed by atoms with Crippen molar-refractivity contribution in [3.63, 3.8) is 0 Å². The first-order chi connectivity index (χ1) is 10.1. The molecule has 1 amide bonds. The van der Waals surface area contributed by atoms with E-state index >= 15 is 0 Å². The molecule has 0 atom stereocenters. The van der Waals surface area contributed by atoms with E-state index in [0.29, 0.717) is 5.69 Å². The Kier molecular flexibility index (Phi) is 5.73. The third-order valence-corrected chi connectivity index (χ3v) is 2.54. The molecule has 0 saturated heterocycles. The fourth-order valence-electron chi connectivity index (χ4n) is 1.45. The predicted octanol–water partition coefficient (Wildman–Crippen LogP) is 2.75. The van der Waals surface area contributed by atoms with Crippen molar-refractivity contribution in [3.05, 3.63) is 24.0 Å². The summed E-state index contributed by atoms with van der Waals surface area (Å²) in [6, 6.07) is 3.94. The molecule has 1 rings (SSSR count). The summed E-state index contributed by atoms with van der Waals surface area (Å²) in [6.45, 7) is 4.82. The predicted molar refractivity (Wildman–Crippen MR) is 78.5 cm³/mol. The van der Waals surface area contributed by atoms with Crippen molar-refractivity contribution in [2.24, 2.45) is 0 Å². The van der Waals surface area contributed by atoms with Crippen LogP contribution in [0.25, 0.3) is 0 Å². The lowest BCUT2D eigenvalue weighted by Gasteiger charge is -2.24. The third kappa shape index (κ3) is 5.23. The zero-order valence-electron chi connectivity index (χ0n) is 13.3. The van der Waals surface area contributed by atoms with Crippen LogP contribution < -0.4 is 9.64 Å². The highest BCUT2D eigenvalue weighted by atomic mass is 19.1. The van der Waals surface area contributed by atoms with E-state index in [2.05, 4.69) is 4.74 Å². The topological polar surface area (TPSA) is 65.1 Å². The normalized spacial score (nSPS) is 10.8. The average molecular weight is 313 g/mol. The van der Waals surface area contributed by atoms with E-state index in [1.807, 2.05) is 0 Å². The maximum atomic E-state index is 13.9. The third-order valence-electron chi connectivity index (χ3n) is 2.54. The number of nitrogens with zero attached hydrogens (tertiary/aromatic N) is 1. The van der Waals surface area contributed by atoms with Gasteiger partial charge in [0.05, 0.1) is 7.11 Å². The summed E-state index contributed by atoms with van der Waals surface area (Å²) in [5.74, 6) is -1.42. The van der Waals surface area contributed by atoms with Crippen LogP contribution >= 0.6 is 0 Å². The molecule has 0 N–H and O–H groups in total. The molecule has 122 valence electrons. The van der Waals surface area contributed by atoms with E-state index in [4.69, 9.17) is 9.47 Å². The molecule has 6 nitrogen and oxygen atoms in total. The number of rotatable bonds is 4. The van der Waals surface area contributed by atoms with Gasteiger partial charge < -0.3 is 14.2 Å². The first kappa shape index (κ1) is 17.7. The summed E-state index contributed by atoms with van der Waals surface area (Å²) in [6.07, 6.45) is -0.602. The number of amides is 1. The molecule has 7 heteroatoms. The SMILES string of the molecule is COC(=O)COc1ccc(N(C)C(=O)OC(C)(C)C)cc1F. The van der Waals surface area contributed by atoms with E-state index in [-0.39, 0.29) is 5.75 Å². The van der Waals surface area contributed by atoms with Gasteiger partial charge >= 0.3 is 12.1 Å². The van der Waals surface area contributed by atoms with Crippen LogP contribution in [-0.4, -0.2) is 38.4 Å². The fourth-order valence-corrected chi connectivity index (χ4v) is 1.45.